The maximum absolute atomic E-state index is 14.0. The van der Waals surface area contributed by atoms with E-state index in [1.807, 2.05) is 30.3 Å². The van der Waals surface area contributed by atoms with Crippen LogP contribution in [0.5, 0.6) is 0 Å². The first-order valence-corrected chi connectivity index (χ1v) is 8.99. The predicted molar refractivity (Wildman–Crippen MR) is 97.0 cm³/mol. The fraction of sp³-hybridized carbons (Fsp3) is 0.250. The first-order valence-electron chi connectivity index (χ1n) is 8.99. The van der Waals surface area contributed by atoms with Gasteiger partial charge in [0.05, 0.1) is 5.56 Å². The molecule has 2 heterocycles. The molecule has 1 fully saturated rings. The number of likely N-dealkylation sites (tertiary alicyclic amines) is 1. The van der Waals surface area contributed by atoms with E-state index in [1.54, 1.807) is 4.90 Å². The number of hydrogen-bond donors (Lipinski definition) is 1. The van der Waals surface area contributed by atoms with Gasteiger partial charge in [0.15, 0.2) is 0 Å². The number of urea groups is 1. The first-order chi connectivity index (χ1) is 13.6. The standard InChI is InChI=1S/C20H18F2N4O2/c21-14-8-9-15(16(22)11-14)18-24-19(28-25-18)17-7-4-10-26(17)20(27)23-12-13-5-2-1-3-6-13/h1-3,5-6,8-9,11,17H,4,7,10,12H2,(H,23,27)/t17-/m1/s1. The third-order valence-corrected chi connectivity index (χ3v) is 4.70. The molecule has 0 saturated carbocycles. The molecule has 0 spiro atoms. The van der Waals surface area contributed by atoms with Crippen molar-refractivity contribution in [2.24, 2.45) is 0 Å². The van der Waals surface area contributed by atoms with E-state index in [0.29, 0.717) is 19.5 Å². The Bertz CT molecular complexity index is 977. The van der Waals surface area contributed by atoms with Gasteiger partial charge in [0, 0.05) is 19.2 Å². The van der Waals surface area contributed by atoms with Crippen LogP contribution in [0.25, 0.3) is 11.4 Å². The molecule has 1 aliphatic heterocycles. The maximum atomic E-state index is 14.0. The smallest absolute Gasteiger partial charge is 0.318 e. The summed E-state index contributed by atoms with van der Waals surface area (Å²) in [7, 11) is 0. The molecule has 1 N–H and O–H groups in total. The summed E-state index contributed by atoms with van der Waals surface area (Å²) >= 11 is 0. The van der Waals surface area contributed by atoms with Crippen LogP contribution in [0.15, 0.2) is 53.1 Å². The van der Waals surface area contributed by atoms with E-state index >= 15 is 0 Å². The van der Waals surface area contributed by atoms with E-state index in [1.165, 1.54) is 6.07 Å². The number of nitrogens with zero attached hydrogens (tertiary/aromatic N) is 3. The maximum Gasteiger partial charge on any atom is 0.318 e. The topological polar surface area (TPSA) is 71.3 Å². The molecule has 1 aromatic heterocycles. The average molecular weight is 384 g/mol. The Kier molecular flexibility index (Phi) is 5.01. The normalized spacial score (nSPS) is 16.4. The number of hydrogen-bond acceptors (Lipinski definition) is 4. The van der Waals surface area contributed by atoms with Gasteiger partial charge in [-0.3, -0.25) is 0 Å². The first kappa shape index (κ1) is 18.1. The molecule has 0 bridgehead atoms. The number of halogens is 2. The molecule has 144 valence electrons. The van der Waals surface area contributed by atoms with Crippen LogP contribution in [-0.2, 0) is 6.54 Å². The summed E-state index contributed by atoms with van der Waals surface area (Å²) < 4.78 is 32.3. The summed E-state index contributed by atoms with van der Waals surface area (Å²) in [4.78, 5) is 18.5. The Morgan fingerprint density at radius 3 is 2.82 bits per heavy atom. The highest BCUT2D eigenvalue weighted by atomic mass is 19.1. The van der Waals surface area contributed by atoms with Gasteiger partial charge in [-0.05, 0) is 30.5 Å². The van der Waals surface area contributed by atoms with Crippen LogP contribution >= 0.6 is 0 Å². The van der Waals surface area contributed by atoms with Crippen molar-refractivity contribution in [3.05, 3.63) is 71.6 Å². The molecule has 1 aliphatic rings. The molecule has 6 nitrogen and oxygen atoms in total. The lowest BCUT2D eigenvalue weighted by Gasteiger charge is -2.22. The van der Waals surface area contributed by atoms with Crippen molar-refractivity contribution in [3.8, 4) is 11.4 Å². The number of carbonyl (C=O) groups is 1. The number of aromatic nitrogens is 2. The lowest BCUT2D eigenvalue weighted by molar-refractivity contribution is 0.180. The van der Waals surface area contributed by atoms with Crippen LogP contribution in [0.4, 0.5) is 13.6 Å². The van der Waals surface area contributed by atoms with Gasteiger partial charge < -0.3 is 14.7 Å². The number of rotatable bonds is 4. The Hall–Kier alpha value is -3.29. The second-order valence-electron chi connectivity index (χ2n) is 6.58. The number of nitrogens with one attached hydrogen (secondary N) is 1. The van der Waals surface area contributed by atoms with Crippen molar-refractivity contribution >= 4 is 6.03 Å². The zero-order valence-corrected chi connectivity index (χ0v) is 14.9. The average Bonchev–Trinajstić information content (AvgIpc) is 3.36. The van der Waals surface area contributed by atoms with Crippen molar-refractivity contribution in [1.29, 1.82) is 0 Å². The van der Waals surface area contributed by atoms with E-state index in [9.17, 15) is 13.6 Å². The summed E-state index contributed by atoms with van der Waals surface area (Å²) in [5, 5.41) is 6.69. The van der Waals surface area contributed by atoms with E-state index in [4.69, 9.17) is 4.52 Å². The minimum atomic E-state index is -0.767. The molecule has 0 unspecified atom stereocenters. The number of amides is 2. The quantitative estimate of drug-likeness (QED) is 0.736. The Morgan fingerprint density at radius 2 is 2.04 bits per heavy atom. The molecule has 1 atom stereocenters. The van der Waals surface area contributed by atoms with E-state index in [-0.39, 0.29) is 29.4 Å². The molecule has 2 amide bonds. The van der Waals surface area contributed by atoms with E-state index < -0.39 is 11.6 Å². The van der Waals surface area contributed by atoms with Crippen LogP contribution in [-0.4, -0.2) is 27.6 Å². The van der Waals surface area contributed by atoms with E-state index in [2.05, 4.69) is 15.5 Å². The SMILES string of the molecule is O=C(NCc1ccccc1)N1CCC[C@@H]1c1nc(-c2ccc(F)cc2F)no1. The van der Waals surface area contributed by atoms with Gasteiger partial charge in [-0.1, -0.05) is 35.5 Å². The monoisotopic (exact) mass is 384 g/mol. The number of benzene rings is 2. The van der Waals surface area contributed by atoms with Gasteiger partial charge >= 0.3 is 6.03 Å². The fourth-order valence-corrected chi connectivity index (χ4v) is 3.29. The molecule has 1 saturated heterocycles. The largest absolute Gasteiger partial charge is 0.337 e. The summed E-state index contributed by atoms with van der Waals surface area (Å²) in [5.74, 6) is -1.17. The van der Waals surface area contributed by atoms with Gasteiger partial charge in [-0.25, -0.2) is 13.6 Å². The zero-order chi connectivity index (χ0) is 19.5. The Labute approximate surface area is 160 Å². The van der Waals surface area contributed by atoms with Gasteiger partial charge in [0.25, 0.3) is 0 Å². The summed E-state index contributed by atoms with van der Waals surface area (Å²) in [6.07, 6.45) is 1.47. The molecule has 8 heteroatoms. The van der Waals surface area contributed by atoms with Gasteiger partial charge in [-0.15, -0.1) is 0 Å². The van der Waals surface area contributed by atoms with Gasteiger partial charge in [-0.2, -0.15) is 4.98 Å². The minimum absolute atomic E-state index is 0.0315. The molecule has 2 aromatic carbocycles. The predicted octanol–water partition coefficient (Wildman–Crippen LogP) is 4.06. The Balaban J connectivity index is 1.47. The van der Waals surface area contributed by atoms with Crippen molar-refractivity contribution in [2.45, 2.75) is 25.4 Å². The molecule has 28 heavy (non-hydrogen) atoms. The summed E-state index contributed by atoms with van der Waals surface area (Å²) in [6, 6.07) is 12.2. The minimum Gasteiger partial charge on any atom is -0.337 e. The molecule has 3 aromatic rings. The van der Waals surface area contributed by atoms with Crippen molar-refractivity contribution < 1.29 is 18.1 Å². The highest BCUT2D eigenvalue weighted by molar-refractivity contribution is 5.75. The van der Waals surface area contributed by atoms with Crippen LogP contribution in [0.1, 0.15) is 30.3 Å². The van der Waals surface area contributed by atoms with Crippen LogP contribution in [0.2, 0.25) is 0 Å². The van der Waals surface area contributed by atoms with Crippen molar-refractivity contribution in [2.75, 3.05) is 6.54 Å². The summed E-state index contributed by atoms with van der Waals surface area (Å²) in [5.41, 5.74) is 1.05. The second kappa shape index (κ2) is 7.75. The summed E-state index contributed by atoms with van der Waals surface area (Å²) in [6.45, 7) is 0.979. The molecule has 0 radical (unpaired) electrons. The third-order valence-electron chi connectivity index (χ3n) is 4.70. The number of carbonyl (C=O) groups excluding carboxylic acids is 1. The van der Waals surface area contributed by atoms with Crippen molar-refractivity contribution in [3.63, 3.8) is 0 Å². The Morgan fingerprint density at radius 1 is 1.21 bits per heavy atom. The highest BCUT2D eigenvalue weighted by Gasteiger charge is 2.34. The third kappa shape index (κ3) is 3.71. The zero-order valence-electron chi connectivity index (χ0n) is 14.9. The van der Waals surface area contributed by atoms with Crippen LogP contribution in [0.3, 0.4) is 0 Å². The second-order valence-corrected chi connectivity index (χ2v) is 6.58. The molecular formula is C20H18F2N4O2. The van der Waals surface area contributed by atoms with Crippen LogP contribution < -0.4 is 5.32 Å². The van der Waals surface area contributed by atoms with E-state index in [0.717, 1.165) is 24.1 Å². The van der Waals surface area contributed by atoms with Crippen LogP contribution in [0, 0.1) is 11.6 Å². The lowest BCUT2D eigenvalue weighted by Crippen LogP contribution is -2.39. The molecule has 4 rings (SSSR count). The van der Waals surface area contributed by atoms with Gasteiger partial charge in [0.1, 0.15) is 17.7 Å². The van der Waals surface area contributed by atoms with Gasteiger partial charge in [0.2, 0.25) is 11.7 Å². The highest BCUT2D eigenvalue weighted by Crippen LogP contribution is 2.32. The molecular weight excluding hydrogens is 366 g/mol. The van der Waals surface area contributed by atoms with Crippen molar-refractivity contribution in [1.82, 2.24) is 20.4 Å². The fourth-order valence-electron chi connectivity index (χ4n) is 3.29. The lowest BCUT2D eigenvalue weighted by atomic mass is 10.2. The molecule has 0 aliphatic carbocycles.